The lowest BCUT2D eigenvalue weighted by Gasteiger charge is -2.61. The van der Waals surface area contributed by atoms with Gasteiger partial charge in [-0.15, -0.1) is 0 Å². The lowest BCUT2D eigenvalue weighted by molar-refractivity contribution is -0.108. The summed E-state index contributed by atoms with van der Waals surface area (Å²) in [4.78, 5) is 29.2. The monoisotopic (exact) mass is 708 g/mol. The fourth-order valence-corrected chi connectivity index (χ4v) is 9.38. The Morgan fingerprint density at radius 1 is 1.06 bits per heavy atom. The van der Waals surface area contributed by atoms with Crippen LogP contribution in [0.3, 0.4) is 0 Å². The van der Waals surface area contributed by atoms with Gasteiger partial charge in [-0.2, -0.15) is 0 Å². The number of ether oxygens (including phenoxy) is 1. The molecule has 3 aromatic rings. The number of morpholine rings is 1. The van der Waals surface area contributed by atoms with Gasteiger partial charge in [0, 0.05) is 48.5 Å². The van der Waals surface area contributed by atoms with E-state index in [1.807, 2.05) is 30.3 Å². The predicted molar refractivity (Wildman–Crippen MR) is 199 cm³/mol. The summed E-state index contributed by atoms with van der Waals surface area (Å²) in [5, 5.41) is 15.7. The van der Waals surface area contributed by atoms with Crippen molar-refractivity contribution in [1.29, 1.82) is 0 Å². The summed E-state index contributed by atoms with van der Waals surface area (Å²) in [6.07, 6.45) is 4.09. The number of fused-ring (bicyclic) bond motifs is 3. The van der Waals surface area contributed by atoms with Gasteiger partial charge in [0.2, 0.25) is 5.95 Å². The molecule has 8 rings (SSSR count). The van der Waals surface area contributed by atoms with E-state index in [2.05, 4.69) is 49.7 Å². The van der Waals surface area contributed by atoms with Crippen molar-refractivity contribution in [1.82, 2.24) is 14.5 Å². The molecule has 3 heterocycles. The molecule has 1 aromatic heterocycles. The average molecular weight is 710 g/mol. The summed E-state index contributed by atoms with van der Waals surface area (Å²) < 4.78 is 7.86. The van der Waals surface area contributed by atoms with Gasteiger partial charge in [0.05, 0.1) is 35.3 Å². The third-order valence-electron chi connectivity index (χ3n) is 11.9. The average Bonchev–Trinajstić information content (AvgIpc) is 3.05. The lowest BCUT2D eigenvalue weighted by Crippen LogP contribution is -2.57. The van der Waals surface area contributed by atoms with Crippen LogP contribution in [0.25, 0.3) is 10.9 Å². The van der Waals surface area contributed by atoms with E-state index in [1.165, 1.54) is 6.42 Å². The highest BCUT2D eigenvalue weighted by atomic mass is 35.5. The number of anilines is 2. The van der Waals surface area contributed by atoms with E-state index < -0.39 is 0 Å². The Hall–Kier alpha value is -2.85. The highest BCUT2D eigenvalue weighted by molar-refractivity contribution is 6.35. The molecular weight excluding hydrogens is 659 g/mol. The van der Waals surface area contributed by atoms with Crippen molar-refractivity contribution in [2.75, 3.05) is 36.4 Å². The van der Waals surface area contributed by atoms with Crippen LogP contribution in [0.1, 0.15) is 65.9 Å². The number of halogens is 2. The number of rotatable bonds is 6. The Morgan fingerprint density at radius 2 is 1.80 bits per heavy atom. The molecule has 5 fully saturated rings. The normalized spacial score (nSPS) is 28.9. The molecule has 0 radical (unpaired) electrons. The maximum absolute atomic E-state index is 14.2. The molecule has 2 aromatic carbocycles. The van der Waals surface area contributed by atoms with Crippen molar-refractivity contribution >= 4 is 51.7 Å². The second-order valence-electron chi connectivity index (χ2n) is 15.6. The van der Waals surface area contributed by atoms with Crippen molar-refractivity contribution in [2.24, 2.45) is 28.2 Å². The van der Waals surface area contributed by atoms with Gasteiger partial charge in [0.1, 0.15) is 0 Å². The summed E-state index contributed by atoms with van der Waals surface area (Å²) in [7, 11) is 0. The van der Waals surface area contributed by atoms with E-state index in [9.17, 15) is 9.90 Å². The molecule has 2 N–H and O–H groups in total. The summed E-state index contributed by atoms with van der Waals surface area (Å²) in [5.41, 5.74) is 2.71. The minimum atomic E-state index is -0.340. The quantitative estimate of drug-likeness (QED) is 0.214. The minimum Gasteiger partial charge on any atom is -0.393 e. The second-order valence-corrected chi connectivity index (χ2v) is 16.4. The Kier molecular flexibility index (Phi) is 9.67. The molecule has 49 heavy (non-hydrogen) atoms. The lowest BCUT2D eigenvalue weighted by atomic mass is 9.45. The molecule has 3 aliphatic carbocycles. The number of aliphatic imine (C=N–C) groups is 1. The number of nitrogens with one attached hydrogen (secondary N) is 1. The fourth-order valence-electron chi connectivity index (χ4n) is 8.88. The van der Waals surface area contributed by atoms with E-state index in [0.717, 1.165) is 36.7 Å². The molecule has 5 aliphatic rings. The zero-order valence-corrected chi connectivity index (χ0v) is 30.8. The summed E-state index contributed by atoms with van der Waals surface area (Å²) in [5.74, 6) is 3.41. The highest BCUT2D eigenvalue weighted by Crippen LogP contribution is 2.61. The van der Waals surface area contributed by atoms with Crippen LogP contribution in [0, 0.1) is 23.2 Å². The van der Waals surface area contributed by atoms with Crippen LogP contribution < -0.4 is 15.8 Å². The van der Waals surface area contributed by atoms with Crippen LogP contribution in [-0.2, 0) is 17.7 Å². The molecule has 264 valence electrons. The third-order valence-corrected chi connectivity index (χ3v) is 12.5. The first-order chi connectivity index (χ1) is 23.4. The molecule has 6 atom stereocenters. The van der Waals surface area contributed by atoms with E-state index in [0.29, 0.717) is 89.0 Å². The van der Waals surface area contributed by atoms with Gasteiger partial charge in [-0.1, -0.05) is 50.0 Å². The van der Waals surface area contributed by atoms with Crippen molar-refractivity contribution in [2.45, 2.75) is 97.6 Å². The summed E-state index contributed by atoms with van der Waals surface area (Å²) in [6.45, 7) is 14.7. The third kappa shape index (κ3) is 6.93. The van der Waals surface area contributed by atoms with E-state index in [1.54, 1.807) is 10.6 Å². The smallest absolute Gasteiger partial charge is 0.262 e. The van der Waals surface area contributed by atoms with Crippen molar-refractivity contribution < 1.29 is 9.84 Å². The zero-order chi connectivity index (χ0) is 34.6. The number of aromatic nitrogens is 2. The van der Waals surface area contributed by atoms with Gasteiger partial charge >= 0.3 is 0 Å². The van der Waals surface area contributed by atoms with Crippen LogP contribution >= 0.6 is 23.2 Å². The van der Waals surface area contributed by atoms with Gasteiger partial charge in [0.25, 0.3) is 5.56 Å². The number of aliphatic hydroxyl groups excluding tert-OH is 1. The number of hydrogen-bond acceptors (Lipinski definition) is 6. The van der Waals surface area contributed by atoms with Crippen molar-refractivity contribution in [3.8, 4) is 0 Å². The first-order valence-corrected chi connectivity index (χ1v) is 18.8. The number of benzene rings is 2. The van der Waals surface area contributed by atoms with Crippen molar-refractivity contribution in [3.63, 3.8) is 0 Å². The predicted octanol–water partition coefficient (Wildman–Crippen LogP) is 6.85. The maximum Gasteiger partial charge on any atom is 0.262 e. The van der Waals surface area contributed by atoms with Gasteiger partial charge < -0.3 is 25.0 Å². The minimum absolute atomic E-state index is 0.0923. The van der Waals surface area contributed by atoms with Crippen LogP contribution in [0.5, 0.6) is 0 Å². The first kappa shape index (κ1) is 34.6. The summed E-state index contributed by atoms with van der Waals surface area (Å²) in [6, 6.07) is 11.5. The largest absolute Gasteiger partial charge is 0.393 e. The second kappa shape index (κ2) is 13.7. The van der Waals surface area contributed by atoms with Gasteiger partial charge in [-0.05, 0) is 105 Å². The number of aryl methyl sites for hydroxylation is 1. The van der Waals surface area contributed by atoms with Crippen LogP contribution in [0.15, 0.2) is 46.2 Å². The van der Waals surface area contributed by atoms with E-state index in [-0.39, 0.29) is 29.9 Å². The Morgan fingerprint density at radius 3 is 2.47 bits per heavy atom. The molecule has 0 unspecified atom stereocenters. The number of guanidine groups is 1. The van der Waals surface area contributed by atoms with Crippen LogP contribution in [-0.4, -0.2) is 76.0 Å². The molecule has 0 spiro atoms. The van der Waals surface area contributed by atoms with Gasteiger partial charge in [0.15, 0.2) is 5.96 Å². The Labute approximate surface area is 299 Å². The number of aliphatic hydroxyl groups is 1. The Balaban J connectivity index is 1.22. The maximum atomic E-state index is 14.2. The van der Waals surface area contributed by atoms with Crippen LogP contribution in [0.4, 0.5) is 11.6 Å². The Bertz CT molecular complexity index is 1780. The SMILES string of the molecule is C[C@@H]1[C@@H](/N=C(/Nc2ccc3c(=O)n(CCc4ccc(Cl)cc4Cl)c(N4CCC(O)CC4)nc3c2)N2C[C@@H](C)O[C@@H](C)C2)C[C@@H]2C[C@H]1C2(C)C. The van der Waals surface area contributed by atoms with Gasteiger partial charge in [-0.3, -0.25) is 9.36 Å². The zero-order valence-electron chi connectivity index (χ0n) is 29.3. The first-order valence-electron chi connectivity index (χ1n) is 18.0. The van der Waals surface area contributed by atoms with Crippen molar-refractivity contribution in [3.05, 3.63) is 62.4 Å². The van der Waals surface area contributed by atoms with E-state index in [4.69, 9.17) is 37.9 Å². The number of nitrogens with zero attached hydrogens (tertiary/aromatic N) is 5. The number of piperidine rings is 1. The molecule has 11 heteroatoms. The molecule has 2 bridgehead atoms. The molecule has 9 nitrogen and oxygen atoms in total. The van der Waals surface area contributed by atoms with Crippen LogP contribution in [0.2, 0.25) is 10.0 Å². The standard InChI is InChI=1S/C38H50Cl2N6O3/c1-22-20-45(21-23(2)49-22)36(42-33-17-26-16-31(24(33)3)38(26,4)5)41-28-8-9-30-34(19-28)43-37(44-13-11-29(47)12-14-44)46(35(30)48)15-10-25-6-7-27(39)18-32(25)40/h6-9,18-19,22-24,26,29,31,33,47H,10-17,20-21H2,1-5H3,(H,41,42)/t22-,23+,24-,26-,31+,33-/m0/s1. The number of hydrogen-bond donors (Lipinski definition) is 2. The van der Waals surface area contributed by atoms with E-state index >= 15 is 0 Å². The molecule has 2 aliphatic heterocycles. The highest BCUT2D eigenvalue weighted by Gasteiger charge is 2.56. The molecular formula is C38H50Cl2N6O3. The van der Waals surface area contributed by atoms with Gasteiger partial charge in [-0.25, -0.2) is 9.98 Å². The summed E-state index contributed by atoms with van der Waals surface area (Å²) >= 11 is 12.6. The topological polar surface area (TPSA) is 95.2 Å². The fraction of sp³-hybridized carbons (Fsp3) is 0.605. The molecule has 2 saturated heterocycles. The molecule has 0 amide bonds. The molecule has 3 saturated carbocycles.